The Kier molecular flexibility index (Phi) is 7.06. The lowest BCUT2D eigenvalue weighted by atomic mass is 9.78. The van der Waals surface area contributed by atoms with Crippen molar-refractivity contribution in [3.05, 3.63) is 20.8 Å². The normalized spacial score (nSPS) is 15.5. The second kappa shape index (κ2) is 7.80. The zero-order valence-electron chi connectivity index (χ0n) is 12.9. The van der Waals surface area contributed by atoms with Gasteiger partial charge in [-0.25, -0.2) is 0 Å². The summed E-state index contributed by atoms with van der Waals surface area (Å²) in [5.74, 6) is 0.727. The van der Waals surface area contributed by atoms with Gasteiger partial charge in [0, 0.05) is 10.9 Å². The number of hydrogen-bond acceptors (Lipinski definition) is 2. The van der Waals surface area contributed by atoms with E-state index in [1.54, 1.807) is 0 Å². The highest BCUT2D eigenvalue weighted by Crippen LogP contribution is 2.31. The van der Waals surface area contributed by atoms with Crippen molar-refractivity contribution < 1.29 is 0 Å². The second-order valence-electron chi connectivity index (χ2n) is 6.56. The summed E-state index contributed by atoms with van der Waals surface area (Å²) in [6.45, 7) is 12.8. The predicted octanol–water partition coefficient (Wildman–Crippen LogP) is 5.49. The predicted molar refractivity (Wildman–Crippen MR) is 91.0 cm³/mol. The molecule has 1 rings (SSSR count). The summed E-state index contributed by atoms with van der Waals surface area (Å²) in [5.41, 5.74) is 0.391. The van der Waals surface area contributed by atoms with Gasteiger partial charge in [-0.1, -0.05) is 34.6 Å². The van der Waals surface area contributed by atoms with Crippen molar-refractivity contribution in [1.29, 1.82) is 0 Å². The maximum absolute atomic E-state index is 3.72. The highest BCUT2D eigenvalue weighted by Gasteiger charge is 2.23. The average molecular weight is 346 g/mol. The van der Waals surface area contributed by atoms with Crippen LogP contribution in [-0.2, 0) is 6.42 Å². The van der Waals surface area contributed by atoms with E-state index in [2.05, 4.69) is 68.0 Å². The summed E-state index contributed by atoms with van der Waals surface area (Å²) in [5, 5.41) is 3.72. The lowest BCUT2D eigenvalue weighted by Gasteiger charge is -2.31. The first-order valence-corrected chi connectivity index (χ1v) is 8.91. The topological polar surface area (TPSA) is 12.0 Å². The van der Waals surface area contributed by atoms with Gasteiger partial charge in [-0.2, -0.15) is 0 Å². The molecule has 1 aromatic rings. The Balaban J connectivity index is 2.61. The summed E-state index contributed by atoms with van der Waals surface area (Å²) in [7, 11) is 0. The molecule has 0 aliphatic carbocycles. The molecule has 0 amide bonds. The molecule has 3 heteroatoms. The van der Waals surface area contributed by atoms with Gasteiger partial charge in [-0.3, -0.25) is 0 Å². The smallest absolute Gasteiger partial charge is 0.0701 e. The third-order valence-corrected chi connectivity index (χ3v) is 5.52. The summed E-state index contributed by atoms with van der Waals surface area (Å²) >= 11 is 5.42. The van der Waals surface area contributed by atoms with Gasteiger partial charge >= 0.3 is 0 Å². The maximum atomic E-state index is 3.72. The molecule has 1 heterocycles. The maximum Gasteiger partial charge on any atom is 0.0701 e. The standard InChI is InChI=1S/C16H28BrNS/c1-6-9-18-13(10-12(2)16(3,4)5)11-14-7-8-15(17)19-14/h7-8,12-13,18H,6,9-11H2,1-5H3. The Bertz CT molecular complexity index is 367. The van der Waals surface area contributed by atoms with Gasteiger partial charge in [0.1, 0.15) is 0 Å². The van der Waals surface area contributed by atoms with Crippen LogP contribution in [0.4, 0.5) is 0 Å². The van der Waals surface area contributed by atoms with E-state index in [0.29, 0.717) is 11.5 Å². The van der Waals surface area contributed by atoms with Crippen LogP contribution < -0.4 is 5.32 Å². The van der Waals surface area contributed by atoms with Gasteiger partial charge in [-0.05, 0) is 65.2 Å². The molecule has 0 radical (unpaired) electrons. The Morgan fingerprint density at radius 2 is 2.00 bits per heavy atom. The van der Waals surface area contributed by atoms with E-state index in [1.165, 1.54) is 21.5 Å². The molecule has 0 bridgehead atoms. The third kappa shape index (κ3) is 6.42. The van der Waals surface area contributed by atoms with E-state index >= 15 is 0 Å². The van der Waals surface area contributed by atoms with E-state index in [4.69, 9.17) is 0 Å². The first-order chi connectivity index (χ1) is 8.82. The van der Waals surface area contributed by atoms with Crippen LogP contribution in [0.2, 0.25) is 0 Å². The third-order valence-electron chi connectivity index (χ3n) is 3.88. The first kappa shape index (κ1) is 17.2. The van der Waals surface area contributed by atoms with Crippen molar-refractivity contribution >= 4 is 27.3 Å². The fraction of sp³-hybridized carbons (Fsp3) is 0.750. The molecule has 0 spiro atoms. The molecular formula is C16H28BrNS. The lowest BCUT2D eigenvalue weighted by Crippen LogP contribution is -2.35. The fourth-order valence-electron chi connectivity index (χ4n) is 2.07. The van der Waals surface area contributed by atoms with Gasteiger partial charge in [-0.15, -0.1) is 11.3 Å². The largest absolute Gasteiger partial charge is 0.314 e. The van der Waals surface area contributed by atoms with Gasteiger partial charge in [0.25, 0.3) is 0 Å². The molecule has 1 nitrogen and oxygen atoms in total. The zero-order chi connectivity index (χ0) is 14.5. The van der Waals surface area contributed by atoms with Crippen molar-refractivity contribution in [2.24, 2.45) is 11.3 Å². The van der Waals surface area contributed by atoms with Gasteiger partial charge < -0.3 is 5.32 Å². The minimum Gasteiger partial charge on any atom is -0.314 e. The van der Waals surface area contributed by atoms with Crippen molar-refractivity contribution in [3.8, 4) is 0 Å². The van der Waals surface area contributed by atoms with Gasteiger partial charge in [0.2, 0.25) is 0 Å². The number of hydrogen-bond donors (Lipinski definition) is 1. The number of rotatable bonds is 7. The van der Waals surface area contributed by atoms with Crippen LogP contribution >= 0.6 is 27.3 Å². The van der Waals surface area contributed by atoms with E-state index in [-0.39, 0.29) is 0 Å². The van der Waals surface area contributed by atoms with Crippen LogP contribution in [0, 0.1) is 11.3 Å². The van der Waals surface area contributed by atoms with Crippen molar-refractivity contribution in [3.63, 3.8) is 0 Å². The minimum atomic E-state index is 0.391. The molecule has 0 aliphatic heterocycles. The average Bonchev–Trinajstić information content (AvgIpc) is 2.70. The molecule has 2 atom stereocenters. The molecule has 110 valence electrons. The van der Waals surface area contributed by atoms with E-state index in [0.717, 1.165) is 18.9 Å². The van der Waals surface area contributed by atoms with Crippen LogP contribution in [0.15, 0.2) is 15.9 Å². The molecular weight excluding hydrogens is 318 g/mol. The van der Waals surface area contributed by atoms with E-state index in [9.17, 15) is 0 Å². The summed E-state index contributed by atoms with van der Waals surface area (Å²) < 4.78 is 1.24. The molecule has 19 heavy (non-hydrogen) atoms. The molecule has 0 saturated heterocycles. The van der Waals surface area contributed by atoms with Crippen LogP contribution in [0.25, 0.3) is 0 Å². The quantitative estimate of drug-likeness (QED) is 0.688. The van der Waals surface area contributed by atoms with Crippen molar-refractivity contribution in [2.75, 3.05) is 6.54 Å². The SMILES string of the molecule is CCCNC(Cc1ccc(Br)s1)CC(C)C(C)(C)C. The fourth-order valence-corrected chi connectivity index (χ4v) is 3.63. The molecule has 0 saturated carbocycles. The monoisotopic (exact) mass is 345 g/mol. The van der Waals surface area contributed by atoms with E-state index < -0.39 is 0 Å². The van der Waals surface area contributed by atoms with Gasteiger partial charge in [0.05, 0.1) is 3.79 Å². The van der Waals surface area contributed by atoms with Crippen LogP contribution in [0.3, 0.4) is 0 Å². The molecule has 2 unspecified atom stereocenters. The molecule has 0 aliphatic rings. The molecule has 1 aromatic heterocycles. The summed E-state index contributed by atoms with van der Waals surface area (Å²) in [6.07, 6.45) is 3.60. The molecule has 0 aromatic carbocycles. The Labute approximate surface area is 131 Å². The van der Waals surface area contributed by atoms with Crippen LogP contribution in [-0.4, -0.2) is 12.6 Å². The highest BCUT2D eigenvalue weighted by molar-refractivity contribution is 9.11. The van der Waals surface area contributed by atoms with E-state index in [1.807, 2.05) is 11.3 Å². The van der Waals surface area contributed by atoms with Crippen molar-refractivity contribution in [2.45, 2.75) is 59.9 Å². The lowest BCUT2D eigenvalue weighted by molar-refractivity contribution is 0.222. The second-order valence-corrected chi connectivity index (χ2v) is 9.11. The number of thiophene rings is 1. The summed E-state index contributed by atoms with van der Waals surface area (Å²) in [6, 6.07) is 5.00. The zero-order valence-corrected chi connectivity index (χ0v) is 15.3. The summed E-state index contributed by atoms with van der Waals surface area (Å²) in [4.78, 5) is 1.47. The van der Waals surface area contributed by atoms with Crippen LogP contribution in [0.1, 0.15) is 52.3 Å². The van der Waals surface area contributed by atoms with Gasteiger partial charge in [0.15, 0.2) is 0 Å². The number of halogens is 1. The number of nitrogens with one attached hydrogen (secondary N) is 1. The Hall–Kier alpha value is 0.140. The Morgan fingerprint density at radius 1 is 1.32 bits per heavy atom. The highest BCUT2D eigenvalue weighted by atomic mass is 79.9. The van der Waals surface area contributed by atoms with Crippen molar-refractivity contribution in [1.82, 2.24) is 5.32 Å². The molecule has 1 N–H and O–H groups in total. The molecule has 0 fully saturated rings. The Morgan fingerprint density at radius 3 is 2.47 bits per heavy atom. The van der Waals surface area contributed by atoms with Crippen LogP contribution in [0.5, 0.6) is 0 Å². The minimum absolute atomic E-state index is 0.391. The first-order valence-electron chi connectivity index (χ1n) is 7.30.